The van der Waals surface area contributed by atoms with Crippen molar-refractivity contribution in [3.63, 3.8) is 0 Å². The second-order valence-electron chi connectivity index (χ2n) is 5.30. The van der Waals surface area contributed by atoms with Gasteiger partial charge in [0, 0.05) is 19.3 Å². The van der Waals surface area contributed by atoms with Crippen molar-refractivity contribution in [1.29, 1.82) is 0 Å². The quantitative estimate of drug-likeness (QED) is 0.847. The molecule has 0 aromatic heterocycles. The largest absolute Gasteiger partial charge is 0.354 e. The zero-order chi connectivity index (χ0) is 14.5. The Labute approximate surface area is 130 Å². The van der Waals surface area contributed by atoms with Crippen LogP contribution in [0.2, 0.25) is 0 Å². The highest BCUT2D eigenvalue weighted by Gasteiger charge is 2.18. The predicted octanol–water partition coefficient (Wildman–Crippen LogP) is 4.01. The standard InChI is InChI=1S/C18H20N2S/c1-20-12-13-21-18(20)19-17(16-10-6-3-7-11-16)14-15-8-4-2-5-9-15/h2-11,17H,12-14H2,1H3. The van der Waals surface area contributed by atoms with Crippen LogP contribution in [-0.2, 0) is 6.42 Å². The number of nitrogens with zero attached hydrogens (tertiary/aromatic N) is 2. The minimum Gasteiger partial charge on any atom is -0.354 e. The lowest BCUT2D eigenvalue weighted by Crippen LogP contribution is -2.19. The predicted molar refractivity (Wildman–Crippen MR) is 91.9 cm³/mol. The van der Waals surface area contributed by atoms with Gasteiger partial charge < -0.3 is 4.90 Å². The average Bonchev–Trinajstić information content (AvgIpc) is 2.94. The van der Waals surface area contributed by atoms with Crippen LogP contribution in [0, 0.1) is 0 Å². The van der Waals surface area contributed by atoms with Crippen molar-refractivity contribution in [2.75, 3.05) is 19.3 Å². The maximum atomic E-state index is 5.03. The summed E-state index contributed by atoms with van der Waals surface area (Å²) >= 11 is 1.86. The second kappa shape index (κ2) is 6.81. The molecule has 0 radical (unpaired) electrons. The summed E-state index contributed by atoms with van der Waals surface area (Å²) in [7, 11) is 2.13. The fraction of sp³-hybridized carbons (Fsp3) is 0.278. The van der Waals surface area contributed by atoms with Gasteiger partial charge in [-0.05, 0) is 17.5 Å². The van der Waals surface area contributed by atoms with Crippen molar-refractivity contribution >= 4 is 16.9 Å². The highest BCUT2D eigenvalue weighted by atomic mass is 32.2. The Kier molecular flexibility index (Phi) is 4.61. The molecular formula is C18H20N2S. The average molecular weight is 296 g/mol. The summed E-state index contributed by atoms with van der Waals surface area (Å²) in [6.45, 7) is 1.09. The normalized spacial score (nSPS) is 18.1. The first-order valence-corrected chi connectivity index (χ1v) is 8.32. The molecule has 0 aliphatic carbocycles. The maximum Gasteiger partial charge on any atom is 0.159 e. The van der Waals surface area contributed by atoms with E-state index in [1.54, 1.807) is 0 Å². The SMILES string of the molecule is CN1CCSC1=NC(Cc1ccccc1)c1ccccc1. The number of benzene rings is 2. The highest BCUT2D eigenvalue weighted by molar-refractivity contribution is 8.14. The Morgan fingerprint density at radius 3 is 2.33 bits per heavy atom. The Morgan fingerprint density at radius 2 is 1.71 bits per heavy atom. The van der Waals surface area contributed by atoms with Gasteiger partial charge >= 0.3 is 0 Å². The Balaban J connectivity index is 1.88. The molecule has 3 rings (SSSR count). The molecular weight excluding hydrogens is 276 g/mol. The van der Waals surface area contributed by atoms with Crippen LogP contribution >= 0.6 is 11.8 Å². The van der Waals surface area contributed by atoms with Gasteiger partial charge in [-0.25, -0.2) is 0 Å². The number of aliphatic imine (C=N–C) groups is 1. The third-order valence-electron chi connectivity index (χ3n) is 3.71. The molecule has 1 aliphatic heterocycles. The molecule has 3 heteroatoms. The highest BCUT2D eigenvalue weighted by Crippen LogP contribution is 2.26. The first kappa shape index (κ1) is 14.2. The van der Waals surface area contributed by atoms with Crippen molar-refractivity contribution in [2.24, 2.45) is 4.99 Å². The summed E-state index contributed by atoms with van der Waals surface area (Å²) in [5.74, 6) is 1.14. The van der Waals surface area contributed by atoms with Gasteiger partial charge in [0.2, 0.25) is 0 Å². The zero-order valence-corrected chi connectivity index (χ0v) is 13.1. The van der Waals surface area contributed by atoms with Gasteiger partial charge in [0.25, 0.3) is 0 Å². The lowest BCUT2D eigenvalue weighted by Gasteiger charge is -2.17. The topological polar surface area (TPSA) is 15.6 Å². The minimum atomic E-state index is 0.191. The van der Waals surface area contributed by atoms with Crippen LogP contribution < -0.4 is 0 Å². The molecule has 1 fully saturated rings. The van der Waals surface area contributed by atoms with Crippen molar-refractivity contribution in [3.8, 4) is 0 Å². The Hall–Kier alpha value is -1.74. The second-order valence-corrected chi connectivity index (χ2v) is 6.36. The lowest BCUT2D eigenvalue weighted by molar-refractivity contribution is 0.553. The van der Waals surface area contributed by atoms with Crippen molar-refractivity contribution in [2.45, 2.75) is 12.5 Å². The summed E-state index contributed by atoms with van der Waals surface area (Å²) in [4.78, 5) is 7.28. The molecule has 1 aliphatic rings. The fourth-order valence-electron chi connectivity index (χ4n) is 2.50. The summed E-state index contributed by atoms with van der Waals surface area (Å²) < 4.78 is 0. The number of amidine groups is 1. The molecule has 2 aromatic carbocycles. The van der Waals surface area contributed by atoms with E-state index in [-0.39, 0.29) is 6.04 Å². The van der Waals surface area contributed by atoms with E-state index in [1.807, 2.05) is 11.8 Å². The van der Waals surface area contributed by atoms with E-state index in [9.17, 15) is 0 Å². The van der Waals surface area contributed by atoms with E-state index in [2.05, 4.69) is 72.6 Å². The monoisotopic (exact) mass is 296 g/mol. The molecule has 108 valence electrons. The summed E-state index contributed by atoms with van der Waals surface area (Å²) in [6.07, 6.45) is 0.947. The van der Waals surface area contributed by atoms with Gasteiger partial charge in [-0.15, -0.1) is 0 Å². The van der Waals surface area contributed by atoms with Crippen LogP contribution in [-0.4, -0.2) is 29.4 Å². The number of thioether (sulfide) groups is 1. The van der Waals surface area contributed by atoms with Gasteiger partial charge in [0.1, 0.15) is 0 Å². The molecule has 1 heterocycles. The molecule has 1 atom stereocenters. The molecule has 1 saturated heterocycles. The zero-order valence-electron chi connectivity index (χ0n) is 12.3. The Bertz CT molecular complexity index is 595. The van der Waals surface area contributed by atoms with Gasteiger partial charge in [-0.3, -0.25) is 4.99 Å². The van der Waals surface area contributed by atoms with Crippen LogP contribution in [0.3, 0.4) is 0 Å². The van der Waals surface area contributed by atoms with Crippen molar-refractivity contribution in [1.82, 2.24) is 4.90 Å². The van der Waals surface area contributed by atoms with E-state index < -0.39 is 0 Å². The van der Waals surface area contributed by atoms with Gasteiger partial charge in [-0.2, -0.15) is 0 Å². The number of rotatable bonds is 4. The lowest BCUT2D eigenvalue weighted by atomic mass is 9.99. The fourth-order valence-corrected chi connectivity index (χ4v) is 3.56. The molecule has 0 N–H and O–H groups in total. The summed E-state index contributed by atoms with van der Waals surface area (Å²) in [5, 5.41) is 1.17. The maximum absolute atomic E-state index is 5.03. The van der Waals surface area contributed by atoms with Crippen LogP contribution in [0.25, 0.3) is 0 Å². The minimum absolute atomic E-state index is 0.191. The van der Waals surface area contributed by atoms with E-state index in [4.69, 9.17) is 4.99 Å². The number of hydrogen-bond acceptors (Lipinski definition) is 2. The van der Waals surface area contributed by atoms with Crippen LogP contribution in [0.4, 0.5) is 0 Å². The molecule has 0 saturated carbocycles. The van der Waals surface area contributed by atoms with Crippen molar-refractivity contribution < 1.29 is 0 Å². The molecule has 1 unspecified atom stereocenters. The van der Waals surface area contributed by atoms with E-state index in [1.165, 1.54) is 16.3 Å². The molecule has 0 amide bonds. The smallest absolute Gasteiger partial charge is 0.159 e. The van der Waals surface area contributed by atoms with Crippen LogP contribution in [0.5, 0.6) is 0 Å². The van der Waals surface area contributed by atoms with E-state index in [0.29, 0.717) is 0 Å². The molecule has 2 nitrogen and oxygen atoms in total. The third-order valence-corrected chi connectivity index (χ3v) is 4.77. The van der Waals surface area contributed by atoms with Crippen molar-refractivity contribution in [3.05, 3.63) is 71.8 Å². The van der Waals surface area contributed by atoms with E-state index >= 15 is 0 Å². The van der Waals surface area contributed by atoms with Crippen LogP contribution in [0.1, 0.15) is 17.2 Å². The molecule has 0 spiro atoms. The Morgan fingerprint density at radius 1 is 1.05 bits per heavy atom. The van der Waals surface area contributed by atoms with E-state index in [0.717, 1.165) is 18.7 Å². The summed E-state index contributed by atoms with van der Waals surface area (Å²) in [6, 6.07) is 21.4. The molecule has 2 aromatic rings. The third kappa shape index (κ3) is 3.67. The van der Waals surface area contributed by atoms with Gasteiger partial charge in [0.15, 0.2) is 5.17 Å². The van der Waals surface area contributed by atoms with Gasteiger partial charge in [0.05, 0.1) is 6.04 Å². The van der Waals surface area contributed by atoms with Crippen LogP contribution in [0.15, 0.2) is 65.7 Å². The molecule has 21 heavy (non-hydrogen) atoms. The first-order chi connectivity index (χ1) is 10.3. The number of hydrogen-bond donors (Lipinski definition) is 0. The molecule has 0 bridgehead atoms. The van der Waals surface area contributed by atoms with Gasteiger partial charge in [-0.1, -0.05) is 72.4 Å². The summed E-state index contributed by atoms with van der Waals surface area (Å²) in [5.41, 5.74) is 2.62. The first-order valence-electron chi connectivity index (χ1n) is 7.33.